The summed E-state index contributed by atoms with van der Waals surface area (Å²) in [5.74, 6) is 0. The third kappa shape index (κ3) is 1.88. The average molecular weight is 287 g/mol. The molecule has 3 N–H and O–H groups in total. The first-order chi connectivity index (χ1) is 9.13. The molecule has 9 heteroatoms. The van der Waals surface area contributed by atoms with E-state index >= 15 is 0 Å². The molecule has 8 nitrogen and oxygen atoms in total. The Hall–Kier alpha value is -1.32. The summed E-state index contributed by atoms with van der Waals surface area (Å²) < 4.78 is 6.69. The van der Waals surface area contributed by atoms with Crippen molar-refractivity contribution in [3.05, 3.63) is 17.4 Å². The lowest BCUT2D eigenvalue weighted by molar-refractivity contribution is -0.0572. The summed E-state index contributed by atoms with van der Waals surface area (Å²) >= 11 is 5.88. The van der Waals surface area contributed by atoms with Gasteiger partial charge in [-0.2, -0.15) is 0 Å². The highest BCUT2D eigenvalue weighted by molar-refractivity contribution is 6.33. The van der Waals surface area contributed by atoms with Crippen LogP contribution in [0.15, 0.2) is 12.3 Å². The van der Waals surface area contributed by atoms with Gasteiger partial charge in [-0.25, -0.2) is 9.67 Å². The van der Waals surface area contributed by atoms with Crippen LogP contribution in [-0.4, -0.2) is 60.2 Å². The average Bonchev–Trinajstić information content (AvgIpc) is 2.94. The second-order valence-corrected chi connectivity index (χ2v) is 4.59. The van der Waals surface area contributed by atoms with Gasteiger partial charge in [-0.05, 0) is 6.07 Å². The lowest BCUT2D eigenvalue weighted by atomic mass is 10.1. The molecule has 1 saturated heterocycles. The maximum absolute atomic E-state index is 9.94. The Morgan fingerprint density at radius 1 is 1.37 bits per heavy atom. The van der Waals surface area contributed by atoms with Crippen molar-refractivity contribution in [2.45, 2.75) is 24.5 Å². The molecule has 0 aliphatic carbocycles. The molecule has 1 aliphatic rings. The van der Waals surface area contributed by atoms with E-state index in [1.807, 2.05) is 0 Å². The molecule has 19 heavy (non-hydrogen) atoms. The number of aliphatic hydroxyl groups excluding tert-OH is 3. The minimum atomic E-state index is -1.21. The largest absolute Gasteiger partial charge is 0.394 e. The zero-order valence-electron chi connectivity index (χ0n) is 9.59. The number of rotatable bonds is 2. The first kappa shape index (κ1) is 12.7. The number of nitrogens with zero attached hydrogens (tertiary/aromatic N) is 4. The highest BCUT2D eigenvalue weighted by atomic mass is 35.5. The van der Waals surface area contributed by atoms with E-state index in [-0.39, 0.29) is 5.15 Å². The highest BCUT2D eigenvalue weighted by Crippen LogP contribution is 2.31. The zero-order chi connectivity index (χ0) is 13.6. The Balaban J connectivity index is 2.04. The second-order valence-electron chi connectivity index (χ2n) is 4.23. The Kier molecular flexibility index (Phi) is 3.11. The van der Waals surface area contributed by atoms with Gasteiger partial charge in [-0.3, -0.25) is 0 Å². The molecule has 1 aliphatic heterocycles. The van der Waals surface area contributed by atoms with E-state index in [9.17, 15) is 10.2 Å². The summed E-state index contributed by atoms with van der Waals surface area (Å²) in [5.41, 5.74) is 0.900. The van der Waals surface area contributed by atoms with Crippen molar-refractivity contribution in [1.82, 2.24) is 20.0 Å². The van der Waals surface area contributed by atoms with Crippen molar-refractivity contribution < 1.29 is 20.1 Å². The van der Waals surface area contributed by atoms with Crippen molar-refractivity contribution >= 4 is 22.6 Å². The smallest absolute Gasteiger partial charge is 0.181 e. The molecule has 102 valence electrons. The van der Waals surface area contributed by atoms with Crippen molar-refractivity contribution in [2.24, 2.45) is 0 Å². The van der Waals surface area contributed by atoms with Gasteiger partial charge in [0, 0.05) is 6.20 Å². The summed E-state index contributed by atoms with van der Waals surface area (Å²) in [4.78, 5) is 3.87. The van der Waals surface area contributed by atoms with E-state index in [1.165, 1.54) is 10.9 Å². The van der Waals surface area contributed by atoms with Crippen LogP contribution < -0.4 is 0 Å². The molecule has 0 aromatic carbocycles. The van der Waals surface area contributed by atoms with E-state index < -0.39 is 31.1 Å². The number of ether oxygens (including phenoxy) is 1. The van der Waals surface area contributed by atoms with Gasteiger partial charge in [-0.15, -0.1) is 5.10 Å². The predicted octanol–water partition coefficient (Wildman–Crippen LogP) is -0.909. The quantitative estimate of drug-likeness (QED) is 0.613. The van der Waals surface area contributed by atoms with Crippen LogP contribution in [-0.2, 0) is 4.74 Å². The molecule has 1 fully saturated rings. The number of fused-ring (bicyclic) bond motifs is 1. The maximum Gasteiger partial charge on any atom is 0.181 e. The van der Waals surface area contributed by atoms with Crippen LogP contribution in [0.25, 0.3) is 11.0 Å². The van der Waals surface area contributed by atoms with Gasteiger partial charge in [0.15, 0.2) is 16.9 Å². The fraction of sp³-hybridized carbons (Fsp3) is 0.500. The molecule has 3 rings (SSSR count). The summed E-state index contributed by atoms with van der Waals surface area (Å²) in [6, 6.07) is 1.62. The molecule has 2 aromatic rings. The monoisotopic (exact) mass is 286 g/mol. The Morgan fingerprint density at radius 3 is 2.84 bits per heavy atom. The van der Waals surface area contributed by atoms with E-state index in [1.54, 1.807) is 6.07 Å². The summed E-state index contributed by atoms with van der Waals surface area (Å²) in [6.45, 7) is -0.399. The number of hydrogen-bond donors (Lipinski definition) is 3. The lowest BCUT2D eigenvalue weighted by Gasteiger charge is -2.14. The van der Waals surface area contributed by atoms with Crippen LogP contribution >= 0.6 is 11.6 Å². The number of aliphatic hydroxyl groups is 3. The van der Waals surface area contributed by atoms with Crippen LogP contribution in [0.5, 0.6) is 0 Å². The molecule has 0 unspecified atom stereocenters. The number of aromatic nitrogens is 4. The summed E-state index contributed by atoms with van der Waals surface area (Å²) in [6.07, 6.45) is -2.72. The van der Waals surface area contributed by atoms with E-state index in [2.05, 4.69) is 15.3 Å². The van der Waals surface area contributed by atoms with Crippen molar-refractivity contribution in [3.63, 3.8) is 0 Å². The molecule has 0 bridgehead atoms. The minimum Gasteiger partial charge on any atom is -0.394 e. The van der Waals surface area contributed by atoms with Crippen molar-refractivity contribution in [3.8, 4) is 0 Å². The van der Waals surface area contributed by atoms with Gasteiger partial charge in [-0.1, -0.05) is 16.8 Å². The predicted molar refractivity (Wildman–Crippen MR) is 63.3 cm³/mol. The van der Waals surface area contributed by atoms with Gasteiger partial charge in [0.05, 0.1) is 12.1 Å². The number of pyridine rings is 1. The Bertz CT molecular complexity index is 606. The zero-order valence-corrected chi connectivity index (χ0v) is 10.3. The molecule has 0 spiro atoms. The van der Waals surface area contributed by atoms with E-state index in [0.717, 1.165) is 0 Å². The van der Waals surface area contributed by atoms with Crippen LogP contribution in [0.1, 0.15) is 6.23 Å². The first-order valence-electron chi connectivity index (χ1n) is 5.61. The minimum absolute atomic E-state index is 0.190. The van der Waals surface area contributed by atoms with Crippen molar-refractivity contribution in [2.75, 3.05) is 6.61 Å². The van der Waals surface area contributed by atoms with Crippen molar-refractivity contribution in [1.29, 1.82) is 0 Å². The highest BCUT2D eigenvalue weighted by Gasteiger charge is 2.44. The first-order valence-corrected chi connectivity index (χ1v) is 5.99. The van der Waals surface area contributed by atoms with Crippen LogP contribution in [0, 0.1) is 0 Å². The fourth-order valence-electron chi connectivity index (χ4n) is 2.11. The molecule has 2 aromatic heterocycles. The number of halogens is 1. The Morgan fingerprint density at radius 2 is 2.16 bits per heavy atom. The SMILES string of the molecule is OC[C@H]1O[C@@H](n2nnc3c(Cl)nccc32)[C@H](O)[C@@H]1O. The van der Waals surface area contributed by atoms with Crippen LogP contribution in [0.4, 0.5) is 0 Å². The van der Waals surface area contributed by atoms with E-state index in [4.69, 9.17) is 21.4 Å². The standard InChI is InChI=1S/C10H11ClN4O4/c11-9-6-4(1-2-12-9)15(14-13-6)10-8(18)7(17)5(3-16)19-10/h1-2,5,7-8,10,16-18H,3H2/t5-,7-,8-,10-/m1/s1. The van der Waals surface area contributed by atoms with E-state index in [0.29, 0.717) is 11.0 Å². The fourth-order valence-corrected chi connectivity index (χ4v) is 2.30. The van der Waals surface area contributed by atoms with Gasteiger partial charge >= 0.3 is 0 Å². The third-order valence-corrected chi connectivity index (χ3v) is 3.38. The van der Waals surface area contributed by atoms with Gasteiger partial charge in [0.25, 0.3) is 0 Å². The molecular formula is C10H11ClN4O4. The van der Waals surface area contributed by atoms with Gasteiger partial charge in [0.1, 0.15) is 18.3 Å². The summed E-state index contributed by atoms with van der Waals surface area (Å²) in [7, 11) is 0. The van der Waals surface area contributed by atoms with Gasteiger partial charge in [0.2, 0.25) is 0 Å². The number of hydrogen-bond acceptors (Lipinski definition) is 7. The molecule has 0 amide bonds. The molecule has 0 radical (unpaired) electrons. The van der Waals surface area contributed by atoms with Gasteiger partial charge < -0.3 is 20.1 Å². The van der Waals surface area contributed by atoms with Crippen LogP contribution in [0.2, 0.25) is 5.15 Å². The third-order valence-electron chi connectivity index (χ3n) is 3.10. The van der Waals surface area contributed by atoms with Crippen LogP contribution in [0.3, 0.4) is 0 Å². The maximum atomic E-state index is 9.94. The second kappa shape index (κ2) is 4.66. The lowest BCUT2D eigenvalue weighted by Crippen LogP contribution is -2.33. The Labute approximate surface area is 112 Å². The molecule has 4 atom stereocenters. The normalized spacial score (nSPS) is 31.2. The molecular weight excluding hydrogens is 276 g/mol. The molecule has 3 heterocycles. The topological polar surface area (TPSA) is 114 Å². The summed E-state index contributed by atoms with van der Waals surface area (Å²) in [5, 5.41) is 36.6. The molecule has 0 saturated carbocycles.